The molecule has 0 N–H and O–H groups in total. The minimum absolute atomic E-state index is 0.0163. The number of benzene rings is 1. The summed E-state index contributed by atoms with van der Waals surface area (Å²) >= 11 is 0. The third kappa shape index (κ3) is 3.81. The lowest BCUT2D eigenvalue weighted by atomic mass is 10.1. The normalized spacial score (nSPS) is 19.0. The molecule has 0 bridgehead atoms. The average Bonchev–Trinajstić information content (AvgIpc) is 3.20. The summed E-state index contributed by atoms with van der Waals surface area (Å²) in [6.07, 6.45) is 7.97. The van der Waals surface area contributed by atoms with Crippen molar-refractivity contribution in [2.45, 2.75) is 63.6 Å². The van der Waals surface area contributed by atoms with Gasteiger partial charge in [0.2, 0.25) is 0 Å². The zero-order chi connectivity index (χ0) is 16.2. The van der Waals surface area contributed by atoms with E-state index < -0.39 is 10.9 Å². The summed E-state index contributed by atoms with van der Waals surface area (Å²) in [6, 6.07) is 4.34. The number of nitro benzene ring substituents is 1. The van der Waals surface area contributed by atoms with Gasteiger partial charge in [-0.1, -0.05) is 0 Å². The van der Waals surface area contributed by atoms with Crippen molar-refractivity contribution in [2.75, 3.05) is 0 Å². The van der Waals surface area contributed by atoms with E-state index in [1.165, 1.54) is 12.1 Å². The first kappa shape index (κ1) is 15.8. The Labute approximate surface area is 134 Å². The highest BCUT2D eigenvalue weighted by Crippen LogP contribution is 2.30. The number of rotatable bonds is 5. The molecule has 6 heteroatoms. The lowest BCUT2D eigenvalue weighted by molar-refractivity contribution is -0.385. The molecule has 0 aliphatic heterocycles. The fourth-order valence-corrected chi connectivity index (χ4v) is 3.33. The van der Waals surface area contributed by atoms with Crippen molar-refractivity contribution in [3.63, 3.8) is 0 Å². The molecule has 0 unspecified atom stereocenters. The maximum absolute atomic E-state index is 12.3. The fourth-order valence-electron chi connectivity index (χ4n) is 3.33. The van der Waals surface area contributed by atoms with Crippen LogP contribution in [0.1, 0.15) is 61.7 Å². The molecule has 6 nitrogen and oxygen atoms in total. The van der Waals surface area contributed by atoms with Gasteiger partial charge in [-0.25, -0.2) is 4.79 Å². The summed E-state index contributed by atoms with van der Waals surface area (Å²) in [7, 11) is 0. The first-order valence-electron chi connectivity index (χ1n) is 8.29. The molecule has 0 atom stereocenters. The summed E-state index contributed by atoms with van der Waals surface area (Å²) in [6.45, 7) is 0. The summed E-state index contributed by atoms with van der Waals surface area (Å²) in [4.78, 5) is 23.0. The Balaban J connectivity index is 1.78. The van der Waals surface area contributed by atoms with Gasteiger partial charge in [-0.3, -0.25) is 10.1 Å². The number of hydrogen-bond donors (Lipinski definition) is 0. The van der Waals surface area contributed by atoms with Gasteiger partial charge in [-0.15, -0.1) is 0 Å². The summed E-state index contributed by atoms with van der Waals surface area (Å²) in [5, 5.41) is 11.2. The zero-order valence-corrected chi connectivity index (χ0v) is 13.0. The van der Waals surface area contributed by atoms with Crippen molar-refractivity contribution < 1.29 is 19.2 Å². The van der Waals surface area contributed by atoms with E-state index in [1.54, 1.807) is 6.07 Å². The highest BCUT2D eigenvalue weighted by Gasteiger charge is 2.27. The molecular weight excluding hydrogens is 298 g/mol. The van der Waals surface area contributed by atoms with Crippen molar-refractivity contribution in [1.82, 2.24) is 0 Å². The van der Waals surface area contributed by atoms with Gasteiger partial charge in [0.15, 0.2) is 0 Å². The predicted octanol–water partition coefficient (Wildman–Crippen LogP) is 4.02. The van der Waals surface area contributed by atoms with Crippen molar-refractivity contribution in [2.24, 2.45) is 0 Å². The van der Waals surface area contributed by atoms with E-state index in [0.29, 0.717) is 5.75 Å². The Hall–Kier alpha value is -2.11. The van der Waals surface area contributed by atoms with Crippen molar-refractivity contribution >= 4 is 11.7 Å². The fraction of sp³-hybridized carbons (Fsp3) is 0.588. The van der Waals surface area contributed by atoms with Crippen molar-refractivity contribution in [3.8, 4) is 5.75 Å². The van der Waals surface area contributed by atoms with Crippen LogP contribution in [0.15, 0.2) is 18.2 Å². The van der Waals surface area contributed by atoms with Gasteiger partial charge in [0.1, 0.15) is 17.4 Å². The van der Waals surface area contributed by atoms with Gasteiger partial charge in [0, 0.05) is 12.1 Å². The maximum atomic E-state index is 12.3. The SMILES string of the molecule is O=C(OC1CCCC1)c1cc(OC2CCCC2)ccc1[N+](=O)[O-]. The van der Waals surface area contributed by atoms with Gasteiger partial charge < -0.3 is 9.47 Å². The van der Waals surface area contributed by atoms with Crippen LogP contribution in [0.2, 0.25) is 0 Å². The molecule has 2 fully saturated rings. The van der Waals surface area contributed by atoms with Gasteiger partial charge in [-0.05, 0) is 57.4 Å². The Bertz CT molecular complexity index is 589. The van der Waals surface area contributed by atoms with Gasteiger partial charge in [-0.2, -0.15) is 0 Å². The summed E-state index contributed by atoms with van der Waals surface area (Å²) in [5.41, 5.74) is -0.246. The van der Waals surface area contributed by atoms with E-state index in [-0.39, 0.29) is 23.5 Å². The minimum Gasteiger partial charge on any atom is -0.490 e. The maximum Gasteiger partial charge on any atom is 0.345 e. The summed E-state index contributed by atoms with van der Waals surface area (Å²) in [5.74, 6) is -0.124. The summed E-state index contributed by atoms with van der Waals surface area (Å²) < 4.78 is 11.3. The van der Waals surface area contributed by atoms with Crippen LogP contribution in [0.25, 0.3) is 0 Å². The first-order chi connectivity index (χ1) is 11.1. The molecule has 2 aliphatic rings. The van der Waals surface area contributed by atoms with Gasteiger partial charge >= 0.3 is 5.97 Å². The van der Waals surface area contributed by atoms with E-state index in [1.807, 2.05) is 0 Å². The van der Waals surface area contributed by atoms with E-state index in [4.69, 9.17) is 9.47 Å². The molecule has 1 aromatic rings. The number of carbonyl (C=O) groups excluding carboxylic acids is 1. The van der Waals surface area contributed by atoms with Crippen LogP contribution in [0.5, 0.6) is 5.75 Å². The highest BCUT2D eigenvalue weighted by molar-refractivity contribution is 5.94. The number of nitrogens with zero attached hydrogens (tertiary/aromatic N) is 1. The quantitative estimate of drug-likeness (QED) is 0.465. The number of esters is 1. The second kappa shape index (κ2) is 6.98. The molecule has 0 radical (unpaired) electrons. The number of ether oxygens (including phenoxy) is 2. The molecule has 3 rings (SSSR count). The molecule has 2 saturated carbocycles. The largest absolute Gasteiger partial charge is 0.490 e. The molecule has 124 valence electrons. The predicted molar refractivity (Wildman–Crippen MR) is 83.7 cm³/mol. The van der Waals surface area contributed by atoms with Crippen LogP contribution in [-0.2, 0) is 4.74 Å². The second-order valence-corrected chi connectivity index (χ2v) is 6.27. The Morgan fingerprint density at radius 3 is 2.26 bits per heavy atom. The van der Waals surface area contributed by atoms with Crippen LogP contribution in [0.3, 0.4) is 0 Å². The van der Waals surface area contributed by atoms with E-state index in [2.05, 4.69) is 0 Å². The smallest absolute Gasteiger partial charge is 0.345 e. The molecule has 2 aliphatic carbocycles. The number of nitro groups is 1. The molecule has 1 aromatic carbocycles. The second-order valence-electron chi connectivity index (χ2n) is 6.27. The lowest BCUT2D eigenvalue weighted by Crippen LogP contribution is -2.17. The van der Waals surface area contributed by atoms with Crippen LogP contribution in [0.4, 0.5) is 5.69 Å². The molecule has 0 amide bonds. The van der Waals surface area contributed by atoms with Crippen LogP contribution in [-0.4, -0.2) is 23.1 Å². The molecule has 0 aromatic heterocycles. The topological polar surface area (TPSA) is 78.7 Å². The average molecular weight is 319 g/mol. The number of carbonyl (C=O) groups is 1. The van der Waals surface area contributed by atoms with E-state index in [9.17, 15) is 14.9 Å². The van der Waals surface area contributed by atoms with E-state index in [0.717, 1.165) is 51.4 Å². The first-order valence-corrected chi connectivity index (χ1v) is 8.29. The minimum atomic E-state index is -0.625. The zero-order valence-electron chi connectivity index (χ0n) is 13.0. The third-order valence-corrected chi connectivity index (χ3v) is 4.57. The molecule has 0 heterocycles. The van der Waals surface area contributed by atoms with Crippen LogP contribution in [0, 0.1) is 10.1 Å². The molecule has 0 saturated heterocycles. The van der Waals surface area contributed by atoms with Gasteiger partial charge in [0.25, 0.3) is 5.69 Å². The highest BCUT2D eigenvalue weighted by atomic mass is 16.6. The molecule has 0 spiro atoms. The lowest BCUT2D eigenvalue weighted by Gasteiger charge is -2.15. The number of hydrogen-bond acceptors (Lipinski definition) is 5. The molecule has 23 heavy (non-hydrogen) atoms. The monoisotopic (exact) mass is 319 g/mol. The van der Waals surface area contributed by atoms with Gasteiger partial charge in [0.05, 0.1) is 11.0 Å². The van der Waals surface area contributed by atoms with Crippen LogP contribution >= 0.6 is 0 Å². The Morgan fingerprint density at radius 2 is 1.65 bits per heavy atom. The Kier molecular flexibility index (Phi) is 4.79. The Morgan fingerprint density at radius 1 is 1.04 bits per heavy atom. The third-order valence-electron chi connectivity index (χ3n) is 4.57. The standard InChI is InChI=1S/C17H21NO5/c19-17(23-13-7-3-4-8-13)15-11-14(9-10-16(15)18(20)21)22-12-5-1-2-6-12/h9-13H,1-8H2. The van der Waals surface area contributed by atoms with Crippen molar-refractivity contribution in [1.29, 1.82) is 0 Å². The molecular formula is C17H21NO5. The van der Waals surface area contributed by atoms with Crippen molar-refractivity contribution in [3.05, 3.63) is 33.9 Å². The van der Waals surface area contributed by atoms with Crippen LogP contribution < -0.4 is 4.74 Å². The van der Waals surface area contributed by atoms with E-state index >= 15 is 0 Å².